The van der Waals surface area contributed by atoms with Gasteiger partial charge in [-0.3, -0.25) is 23.6 Å². The first-order chi connectivity index (χ1) is 20.8. The highest BCUT2D eigenvalue weighted by atomic mass is 32.2. The summed E-state index contributed by atoms with van der Waals surface area (Å²) in [6, 6.07) is 6.81. The number of hydrogen-bond donors (Lipinski definition) is 4. The number of hydrogen-bond acceptors (Lipinski definition) is 10. The van der Waals surface area contributed by atoms with E-state index < -0.39 is 47.8 Å². The molecule has 0 spiro atoms. The summed E-state index contributed by atoms with van der Waals surface area (Å²) >= 11 is 0. The van der Waals surface area contributed by atoms with E-state index in [1.54, 1.807) is 50.0 Å². The van der Waals surface area contributed by atoms with Crippen molar-refractivity contribution in [2.45, 2.75) is 38.5 Å². The molecule has 0 amide bonds. The smallest absolute Gasteiger partial charge is 0.337 e. The van der Waals surface area contributed by atoms with Crippen molar-refractivity contribution in [1.29, 1.82) is 0 Å². The van der Waals surface area contributed by atoms with Crippen LogP contribution in [0.3, 0.4) is 0 Å². The number of allylic oxidation sites excluding steroid dienone is 6. The third kappa shape index (κ3) is 13.4. The van der Waals surface area contributed by atoms with Crippen LogP contribution in [-0.2, 0) is 30.4 Å². The quantitative estimate of drug-likeness (QED) is 0.0856. The number of carbonyl (C=O) groups is 1. The zero-order valence-corrected chi connectivity index (χ0v) is 27.2. The largest absolute Gasteiger partial charge is 0.478 e. The molecule has 246 valence electrons. The van der Waals surface area contributed by atoms with Crippen molar-refractivity contribution in [3.63, 3.8) is 0 Å². The molecule has 0 aliphatic carbocycles. The summed E-state index contributed by atoms with van der Waals surface area (Å²) in [7, 11) is -12.8. The summed E-state index contributed by atoms with van der Waals surface area (Å²) < 4.78 is 95.3. The molecule has 17 heteroatoms. The predicted molar refractivity (Wildman–Crippen MR) is 170 cm³/mol. The number of anilines is 1. The van der Waals surface area contributed by atoms with Crippen LogP contribution in [0.25, 0.3) is 5.57 Å². The van der Waals surface area contributed by atoms with E-state index in [2.05, 4.69) is 9.98 Å². The van der Waals surface area contributed by atoms with Gasteiger partial charge in [0.25, 0.3) is 30.4 Å². The predicted octanol–water partition coefficient (Wildman–Crippen LogP) is 3.70. The second-order valence-corrected chi connectivity index (χ2v) is 14.4. The molecule has 14 nitrogen and oxygen atoms in total. The van der Waals surface area contributed by atoms with Crippen LogP contribution in [0, 0.1) is 6.92 Å². The molecule has 1 aromatic heterocycles. The van der Waals surface area contributed by atoms with Gasteiger partial charge in [0.15, 0.2) is 0 Å². The van der Waals surface area contributed by atoms with E-state index in [9.17, 15) is 44.3 Å². The van der Waals surface area contributed by atoms with E-state index in [0.29, 0.717) is 33.9 Å². The summed E-state index contributed by atoms with van der Waals surface area (Å²) in [6.45, 7) is 5.26. The lowest BCUT2D eigenvalue weighted by atomic mass is 10.1. The van der Waals surface area contributed by atoms with Crippen molar-refractivity contribution in [2.75, 3.05) is 29.5 Å². The van der Waals surface area contributed by atoms with Crippen LogP contribution >= 0.6 is 0 Å². The first kappa shape index (κ1) is 37.4. The molecule has 1 heterocycles. The van der Waals surface area contributed by atoms with Crippen LogP contribution in [-0.4, -0.2) is 85.3 Å². The fourth-order valence-electron chi connectivity index (χ4n) is 3.97. The van der Waals surface area contributed by atoms with E-state index in [0.717, 1.165) is 0 Å². The minimum absolute atomic E-state index is 0.0193. The van der Waals surface area contributed by atoms with Crippen molar-refractivity contribution < 1.29 is 48.8 Å². The van der Waals surface area contributed by atoms with Gasteiger partial charge in [-0.1, -0.05) is 12.2 Å². The van der Waals surface area contributed by atoms with Gasteiger partial charge in [0, 0.05) is 42.0 Å². The van der Waals surface area contributed by atoms with Crippen LogP contribution in [0.1, 0.15) is 48.3 Å². The summed E-state index contributed by atoms with van der Waals surface area (Å²) in [5.74, 6) is -2.11. The van der Waals surface area contributed by atoms with Crippen molar-refractivity contribution in [3.05, 3.63) is 83.4 Å². The topological polar surface area (TPSA) is 229 Å². The fourth-order valence-corrected chi connectivity index (χ4v) is 5.52. The lowest BCUT2D eigenvalue weighted by molar-refractivity contribution is 0.0696. The molecule has 1 aromatic carbocycles. The van der Waals surface area contributed by atoms with Crippen molar-refractivity contribution in [3.8, 4) is 0 Å². The number of rotatable bonds is 16. The summed E-state index contributed by atoms with van der Waals surface area (Å²) in [5.41, 5.74) is 2.94. The highest BCUT2D eigenvalue weighted by Gasteiger charge is 2.17. The number of carboxylic acid groups (broad SMARTS) is 1. The lowest BCUT2D eigenvalue weighted by Crippen LogP contribution is -2.25. The van der Waals surface area contributed by atoms with Gasteiger partial charge in [0.2, 0.25) is 0 Å². The minimum atomic E-state index is -4.47. The van der Waals surface area contributed by atoms with E-state index >= 15 is 0 Å². The van der Waals surface area contributed by atoms with E-state index in [4.69, 9.17) is 4.55 Å². The Labute approximate surface area is 262 Å². The van der Waals surface area contributed by atoms with Gasteiger partial charge in [-0.05, 0) is 81.7 Å². The summed E-state index contributed by atoms with van der Waals surface area (Å²) in [5, 5.41) is 9.24. The monoisotopic (exact) mass is 685 g/mol. The Bertz CT molecular complexity index is 1830. The van der Waals surface area contributed by atoms with Crippen LogP contribution in [0.15, 0.2) is 76.4 Å². The van der Waals surface area contributed by atoms with Crippen molar-refractivity contribution in [1.82, 2.24) is 4.98 Å². The van der Waals surface area contributed by atoms with E-state index in [1.807, 2.05) is 0 Å². The average molecular weight is 686 g/mol. The number of aromatic carboxylic acids is 1. The third-order valence-corrected chi connectivity index (χ3v) is 8.66. The molecular formula is C28H35N3O11S3. The lowest BCUT2D eigenvalue weighted by Gasteiger charge is -2.27. The number of nitrogens with zero attached hydrogens (tertiary/aromatic N) is 3. The second-order valence-electron chi connectivity index (χ2n) is 9.88. The molecule has 0 saturated heterocycles. The number of aryl methyl sites for hydroxylation is 1. The second kappa shape index (κ2) is 16.0. The molecule has 0 aliphatic rings. The van der Waals surface area contributed by atoms with Crippen LogP contribution in [0.5, 0.6) is 0 Å². The average Bonchev–Trinajstić information content (AvgIpc) is 2.92. The van der Waals surface area contributed by atoms with Gasteiger partial charge in [-0.2, -0.15) is 25.3 Å². The number of aromatic nitrogens is 1. The van der Waals surface area contributed by atoms with Crippen LogP contribution in [0.2, 0.25) is 0 Å². The van der Waals surface area contributed by atoms with Crippen molar-refractivity contribution in [2.24, 2.45) is 4.99 Å². The molecule has 0 atom stereocenters. The van der Waals surface area contributed by atoms with Gasteiger partial charge < -0.3 is 10.0 Å². The maximum absolute atomic E-state index is 11.6. The Morgan fingerprint density at radius 3 is 2.09 bits per heavy atom. The van der Waals surface area contributed by atoms with Gasteiger partial charge in [0.1, 0.15) is 0 Å². The van der Waals surface area contributed by atoms with Gasteiger partial charge in [-0.15, -0.1) is 0 Å². The van der Waals surface area contributed by atoms with Gasteiger partial charge >= 0.3 is 5.97 Å². The van der Waals surface area contributed by atoms with Crippen LogP contribution in [0.4, 0.5) is 5.69 Å². The normalized spacial score (nSPS) is 13.8. The first-order valence-electron chi connectivity index (χ1n) is 13.3. The third-order valence-electron chi connectivity index (χ3n) is 6.20. The minimum Gasteiger partial charge on any atom is -0.478 e. The zero-order valence-electron chi connectivity index (χ0n) is 24.7. The van der Waals surface area contributed by atoms with Gasteiger partial charge in [0.05, 0.1) is 27.7 Å². The molecule has 2 rings (SSSR count). The Morgan fingerprint density at radius 2 is 1.56 bits per heavy atom. The Balaban J connectivity index is 2.54. The van der Waals surface area contributed by atoms with E-state index in [-0.39, 0.29) is 36.4 Å². The number of carboxylic acids is 1. The molecule has 0 aliphatic heterocycles. The molecule has 0 bridgehead atoms. The highest BCUT2D eigenvalue weighted by molar-refractivity contribution is 7.86. The molecule has 0 unspecified atom stereocenters. The number of pyridine rings is 1. The molecule has 45 heavy (non-hydrogen) atoms. The Kier molecular flexibility index (Phi) is 13.3. The standard InChI is InChI=1S/C28H35N3O11S3/c1-20-18-25(45(40,41)42)11-13-27(20)31(15-5-17-44(37,38)39)22(3)7-9-23(26-12-10-24(19-30-26)28(32)33)8-6-21(2)29-14-4-16-43(34,35)36/h6-13,18-19H,4-5,14-17H2,1-3H3,(H,32,33)(H,34,35,36)(H,37,38,39)(H,40,41,42)/b8-6+,22-7+,23-9-,29-21-. The molecule has 0 fully saturated rings. The maximum atomic E-state index is 11.6. The van der Waals surface area contributed by atoms with Crippen molar-refractivity contribution >= 4 is 53.3 Å². The molecule has 4 N–H and O–H groups in total. The first-order valence-corrected chi connectivity index (χ1v) is 18.0. The van der Waals surface area contributed by atoms with Crippen LogP contribution < -0.4 is 4.90 Å². The fraction of sp³-hybridized carbons (Fsp3) is 0.321. The number of aliphatic imine (C=N–C) groups is 1. The SMILES string of the molecule is CC(/C=C/C(=C/C=C(\C)N(CCCS(=O)(=O)O)c1ccc(S(=O)(=O)O)cc1C)c1ccc(C(=O)O)cn1)=N/CCCS(=O)(=O)O. The summed E-state index contributed by atoms with van der Waals surface area (Å²) in [6.07, 6.45) is 7.96. The van der Waals surface area contributed by atoms with E-state index in [1.165, 1.54) is 36.5 Å². The Morgan fingerprint density at radius 1 is 0.911 bits per heavy atom. The highest BCUT2D eigenvalue weighted by Crippen LogP contribution is 2.27. The molecule has 0 radical (unpaired) electrons. The molecular weight excluding hydrogens is 651 g/mol. The molecule has 0 saturated carbocycles. The molecule has 2 aromatic rings. The summed E-state index contributed by atoms with van der Waals surface area (Å²) in [4.78, 5) is 21.2. The maximum Gasteiger partial charge on any atom is 0.337 e. The van der Waals surface area contributed by atoms with Gasteiger partial charge in [-0.25, -0.2) is 4.79 Å². The number of benzene rings is 1. The zero-order chi connectivity index (χ0) is 34.0. The Hall–Kier alpha value is -3.74.